The van der Waals surface area contributed by atoms with E-state index in [0.717, 1.165) is 22.5 Å². The first-order valence-electron chi connectivity index (χ1n) is 8.44. The predicted octanol–water partition coefficient (Wildman–Crippen LogP) is 3.14. The van der Waals surface area contributed by atoms with Crippen LogP contribution in [0.25, 0.3) is 17.0 Å². The van der Waals surface area contributed by atoms with E-state index < -0.39 is 23.7 Å². The molecule has 0 aliphatic rings. The highest BCUT2D eigenvalue weighted by molar-refractivity contribution is 5.94. The number of fused-ring (bicyclic) bond motifs is 1. The van der Waals surface area contributed by atoms with Crippen LogP contribution >= 0.6 is 0 Å². The minimum Gasteiger partial charge on any atom is -0.480 e. The highest BCUT2D eigenvalue weighted by atomic mass is 19.1. The van der Waals surface area contributed by atoms with Crippen molar-refractivity contribution in [3.63, 3.8) is 0 Å². The summed E-state index contributed by atoms with van der Waals surface area (Å²) < 4.78 is 15.5. The highest BCUT2D eigenvalue weighted by Gasteiger charge is 2.21. The zero-order valence-corrected chi connectivity index (χ0v) is 14.7. The van der Waals surface area contributed by atoms with Gasteiger partial charge in [-0.3, -0.25) is 4.79 Å². The lowest BCUT2D eigenvalue weighted by Gasteiger charge is -2.13. The Balaban J connectivity index is 1.75. The fourth-order valence-corrected chi connectivity index (χ4v) is 3.00. The van der Waals surface area contributed by atoms with Crippen molar-refractivity contribution in [3.8, 4) is 0 Å². The van der Waals surface area contributed by atoms with Crippen LogP contribution < -0.4 is 5.32 Å². The number of carbonyl (C=O) groups excluding carboxylic acids is 1. The van der Waals surface area contributed by atoms with E-state index in [1.54, 1.807) is 12.1 Å². The Morgan fingerprint density at radius 3 is 2.63 bits per heavy atom. The van der Waals surface area contributed by atoms with Gasteiger partial charge < -0.3 is 15.0 Å². The molecular formula is C21H19FN2O3. The Morgan fingerprint density at radius 2 is 1.89 bits per heavy atom. The van der Waals surface area contributed by atoms with E-state index in [1.165, 1.54) is 18.2 Å². The Morgan fingerprint density at radius 1 is 1.19 bits per heavy atom. The van der Waals surface area contributed by atoms with Gasteiger partial charge in [0.2, 0.25) is 5.91 Å². The fourth-order valence-electron chi connectivity index (χ4n) is 3.00. The molecule has 1 atom stereocenters. The van der Waals surface area contributed by atoms with E-state index in [9.17, 15) is 19.1 Å². The molecule has 138 valence electrons. The molecule has 6 heteroatoms. The van der Waals surface area contributed by atoms with Crippen molar-refractivity contribution < 1.29 is 19.1 Å². The molecule has 3 aromatic rings. The Bertz CT molecular complexity index is 1020. The molecule has 0 spiro atoms. The van der Waals surface area contributed by atoms with Gasteiger partial charge in [0.25, 0.3) is 0 Å². The molecule has 0 saturated carbocycles. The van der Waals surface area contributed by atoms with Crippen molar-refractivity contribution in [3.05, 3.63) is 77.7 Å². The van der Waals surface area contributed by atoms with E-state index in [1.807, 2.05) is 42.1 Å². The zero-order valence-electron chi connectivity index (χ0n) is 14.7. The van der Waals surface area contributed by atoms with Gasteiger partial charge in [0.05, 0.1) is 0 Å². The largest absolute Gasteiger partial charge is 0.480 e. The first kappa shape index (κ1) is 18.4. The van der Waals surface area contributed by atoms with Gasteiger partial charge in [0.15, 0.2) is 0 Å². The van der Waals surface area contributed by atoms with E-state index in [-0.39, 0.29) is 12.0 Å². The van der Waals surface area contributed by atoms with Crippen LogP contribution in [0.4, 0.5) is 4.39 Å². The van der Waals surface area contributed by atoms with Gasteiger partial charge in [-0.1, -0.05) is 36.4 Å². The van der Waals surface area contributed by atoms with Gasteiger partial charge in [-0.2, -0.15) is 0 Å². The summed E-state index contributed by atoms with van der Waals surface area (Å²) in [6.45, 7) is 0. The number of aliphatic carboxylic acids is 1. The van der Waals surface area contributed by atoms with Crippen LogP contribution in [-0.4, -0.2) is 27.6 Å². The van der Waals surface area contributed by atoms with E-state index in [4.69, 9.17) is 0 Å². The van der Waals surface area contributed by atoms with Gasteiger partial charge in [-0.05, 0) is 23.8 Å². The second kappa shape index (κ2) is 7.86. The fraction of sp³-hybridized carbons (Fsp3) is 0.143. The molecule has 0 aliphatic carbocycles. The third kappa shape index (κ3) is 4.23. The monoisotopic (exact) mass is 366 g/mol. The standard InChI is InChI=1S/C21H19FN2O3/c1-24-13-15(16-7-3-5-9-19(16)24)12-18(21(26)27)23-20(25)11-10-14-6-2-4-8-17(14)22/h2-11,13,18H,12H2,1H3,(H,23,25)(H,26,27)/b11-10+/t18-/m0/s1. The van der Waals surface area contributed by atoms with E-state index in [0.29, 0.717) is 0 Å². The summed E-state index contributed by atoms with van der Waals surface area (Å²) in [5, 5.41) is 12.9. The van der Waals surface area contributed by atoms with Crippen molar-refractivity contribution in [2.45, 2.75) is 12.5 Å². The number of rotatable bonds is 6. The summed E-state index contributed by atoms with van der Waals surface area (Å²) in [5.41, 5.74) is 2.08. The molecule has 1 heterocycles. The molecule has 1 aromatic heterocycles. The summed E-state index contributed by atoms with van der Waals surface area (Å²) in [7, 11) is 1.89. The average Bonchev–Trinajstić information content (AvgIpc) is 2.96. The van der Waals surface area contributed by atoms with Gasteiger partial charge >= 0.3 is 5.97 Å². The number of carboxylic acid groups (broad SMARTS) is 1. The second-order valence-corrected chi connectivity index (χ2v) is 6.24. The molecule has 0 saturated heterocycles. The van der Waals surface area contributed by atoms with Crippen molar-refractivity contribution in [1.29, 1.82) is 0 Å². The number of para-hydroxylation sites is 1. The lowest BCUT2D eigenvalue weighted by Crippen LogP contribution is -2.41. The number of hydrogen-bond acceptors (Lipinski definition) is 2. The van der Waals surface area contributed by atoms with Crippen LogP contribution in [0, 0.1) is 5.82 Å². The van der Waals surface area contributed by atoms with Crippen LogP contribution in [0.5, 0.6) is 0 Å². The van der Waals surface area contributed by atoms with Crippen LogP contribution in [0.15, 0.2) is 60.8 Å². The maximum Gasteiger partial charge on any atom is 0.326 e. The van der Waals surface area contributed by atoms with Gasteiger partial charge in [-0.25, -0.2) is 9.18 Å². The minimum absolute atomic E-state index is 0.149. The highest BCUT2D eigenvalue weighted by Crippen LogP contribution is 2.21. The summed E-state index contributed by atoms with van der Waals surface area (Å²) in [4.78, 5) is 23.7. The minimum atomic E-state index is -1.13. The zero-order chi connectivity index (χ0) is 19.4. The van der Waals surface area contributed by atoms with Gasteiger partial charge in [-0.15, -0.1) is 0 Å². The maximum absolute atomic E-state index is 13.6. The van der Waals surface area contributed by atoms with E-state index in [2.05, 4.69) is 5.32 Å². The number of carbonyl (C=O) groups is 2. The van der Waals surface area contributed by atoms with E-state index >= 15 is 0 Å². The molecule has 0 bridgehead atoms. The maximum atomic E-state index is 13.6. The van der Waals surface area contributed by atoms with Crippen LogP contribution in [-0.2, 0) is 23.1 Å². The number of nitrogens with one attached hydrogen (secondary N) is 1. The number of hydrogen-bond donors (Lipinski definition) is 2. The number of nitrogens with zero attached hydrogens (tertiary/aromatic N) is 1. The normalized spacial score (nSPS) is 12.4. The molecule has 0 aliphatic heterocycles. The van der Waals surface area contributed by atoms with Crippen molar-refractivity contribution in [1.82, 2.24) is 9.88 Å². The average molecular weight is 366 g/mol. The predicted molar refractivity (Wildman–Crippen MR) is 102 cm³/mol. The van der Waals surface area contributed by atoms with Crippen molar-refractivity contribution in [2.24, 2.45) is 7.05 Å². The van der Waals surface area contributed by atoms with Gasteiger partial charge in [0, 0.05) is 42.2 Å². The number of carboxylic acids is 1. The molecule has 2 aromatic carbocycles. The Labute approximate surface area is 155 Å². The first-order valence-corrected chi connectivity index (χ1v) is 8.44. The molecule has 5 nitrogen and oxygen atoms in total. The number of amides is 1. The lowest BCUT2D eigenvalue weighted by atomic mass is 10.0. The summed E-state index contributed by atoms with van der Waals surface area (Å²) in [6.07, 6.45) is 4.47. The first-order chi connectivity index (χ1) is 13.0. The number of aryl methyl sites for hydroxylation is 1. The number of aromatic nitrogens is 1. The molecule has 0 fully saturated rings. The third-order valence-electron chi connectivity index (χ3n) is 4.34. The summed E-state index contributed by atoms with van der Waals surface area (Å²) in [6, 6.07) is 12.6. The van der Waals surface area contributed by atoms with Crippen LogP contribution in [0.2, 0.25) is 0 Å². The van der Waals surface area contributed by atoms with Gasteiger partial charge in [0.1, 0.15) is 11.9 Å². The SMILES string of the molecule is Cn1cc(C[C@H](NC(=O)/C=C/c2ccccc2F)C(=O)O)c2ccccc21. The topological polar surface area (TPSA) is 71.3 Å². The number of halogens is 1. The van der Waals surface area contributed by atoms with Crippen LogP contribution in [0.3, 0.4) is 0 Å². The van der Waals surface area contributed by atoms with Crippen LogP contribution in [0.1, 0.15) is 11.1 Å². The Kier molecular flexibility index (Phi) is 5.35. The smallest absolute Gasteiger partial charge is 0.326 e. The summed E-state index contributed by atoms with van der Waals surface area (Å²) in [5.74, 6) is -2.17. The van der Waals surface area contributed by atoms with Crippen molar-refractivity contribution in [2.75, 3.05) is 0 Å². The third-order valence-corrected chi connectivity index (χ3v) is 4.34. The lowest BCUT2D eigenvalue weighted by molar-refractivity contribution is -0.141. The molecule has 27 heavy (non-hydrogen) atoms. The molecular weight excluding hydrogens is 347 g/mol. The second-order valence-electron chi connectivity index (χ2n) is 6.24. The van der Waals surface area contributed by atoms with Crippen molar-refractivity contribution >= 4 is 28.9 Å². The summed E-state index contributed by atoms with van der Waals surface area (Å²) >= 11 is 0. The quantitative estimate of drug-likeness (QED) is 0.659. The molecule has 3 rings (SSSR count). The molecule has 1 amide bonds. The molecule has 0 unspecified atom stereocenters. The Hall–Kier alpha value is -3.41. The molecule has 2 N–H and O–H groups in total. The molecule has 0 radical (unpaired) electrons. The number of benzene rings is 2.